The highest BCUT2D eigenvalue weighted by molar-refractivity contribution is 7.99. The topological polar surface area (TPSA) is 81.1 Å². The molecule has 0 aromatic carbocycles. The van der Waals surface area contributed by atoms with Crippen molar-refractivity contribution in [1.82, 2.24) is 20.0 Å². The fourth-order valence-electron chi connectivity index (χ4n) is 2.01. The van der Waals surface area contributed by atoms with Crippen molar-refractivity contribution in [3.8, 4) is 0 Å². The lowest BCUT2D eigenvalue weighted by molar-refractivity contribution is 0.260. The van der Waals surface area contributed by atoms with E-state index < -0.39 is 0 Å². The minimum atomic E-state index is 0.262. The highest BCUT2D eigenvalue weighted by Crippen LogP contribution is 2.25. The van der Waals surface area contributed by atoms with Crippen LogP contribution in [0.2, 0.25) is 0 Å². The van der Waals surface area contributed by atoms with E-state index in [1.807, 2.05) is 19.2 Å². The molecule has 7 heteroatoms. The Labute approximate surface area is 129 Å². The lowest BCUT2D eigenvalue weighted by Gasteiger charge is -2.14. The van der Waals surface area contributed by atoms with Crippen LogP contribution in [0.1, 0.15) is 36.4 Å². The summed E-state index contributed by atoms with van der Waals surface area (Å²) in [6.45, 7) is 5.57. The normalized spacial score (nSPS) is 12.8. The number of pyridine rings is 1. The molecule has 0 radical (unpaired) electrons. The second-order valence-corrected chi connectivity index (χ2v) is 6.52. The smallest absolute Gasteiger partial charge is 0.240 e. The lowest BCUT2D eigenvalue weighted by Crippen LogP contribution is -2.17. The molecular formula is C14H21N5OS. The second-order valence-electron chi connectivity index (χ2n) is 4.91. The van der Waals surface area contributed by atoms with Gasteiger partial charge < -0.3 is 10.3 Å². The molecule has 2 heterocycles. The Hall–Kier alpha value is -1.60. The Morgan fingerprint density at radius 1 is 1.43 bits per heavy atom. The van der Waals surface area contributed by atoms with Gasteiger partial charge in [-0.1, -0.05) is 12.1 Å². The number of nitrogen functional groups attached to an aromatic ring is 1. The van der Waals surface area contributed by atoms with Gasteiger partial charge in [0.2, 0.25) is 5.89 Å². The van der Waals surface area contributed by atoms with Crippen LogP contribution in [0.25, 0.3) is 0 Å². The number of thioether (sulfide) groups is 1. The van der Waals surface area contributed by atoms with Gasteiger partial charge in [0.1, 0.15) is 5.82 Å². The van der Waals surface area contributed by atoms with Crippen molar-refractivity contribution in [1.29, 1.82) is 0 Å². The molecule has 0 aliphatic heterocycles. The van der Waals surface area contributed by atoms with E-state index in [2.05, 4.69) is 33.9 Å². The van der Waals surface area contributed by atoms with Gasteiger partial charge in [0.15, 0.2) is 5.82 Å². The van der Waals surface area contributed by atoms with E-state index >= 15 is 0 Å². The Balaban J connectivity index is 1.92. The molecule has 1 unspecified atom stereocenters. The summed E-state index contributed by atoms with van der Waals surface area (Å²) in [5, 5.41) is 4.31. The molecule has 6 nitrogen and oxygen atoms in total. The van der Waals surface area contributed by atoms with Crippen molar-refractivity contribution >= 4 is 17.6 Å². The van der Waals surface area contributed by atoms with E-state index in [1.54, 1.807) is 18.0 Å². The summed E-state index contributed by atoms with van der Waals surface area (Å²) >= 11 is 1.80. The number of nitrogens with two attached hydrogens (primary N) is 1. The molecule has 2 aromatic rings. The van der Waals surface area contributed by atoms with Gasteiger partial charge in [-0.3, -0.25) is 4.90 Å². The van der Waals surface area contributed by atoms with E-state index in [9.17, 15) is 0 Å². The maximum atomic E-state index is 5.68. The first kappa shape index (κ1) is 15.8. The monoisotopic (exact) mass is 307 g/mol. The number of anilines is 1. The molecule has 0 saturated heterocycles. The van der Waals surface area contributed by atoms with Crippen LogP contribution in [-0.2, 0) is 13.1 Å². The average molecular weight is 307 g/mol. The number of aromatic nitrogens is 3. The van der Waals surface area contributed by atoms with Crippen LogP contribution in [0, 0.1) is 0 Å². The van der Waals surface area contributed by atoms with Crippen LogP contribution in [0.15, 0.2) is 22.9 Å². The minimum absolute atomic E-state index is 0.262. The Morgan fingerprint density at radius 2 is 2.24 bits per heavy atom. The average Bonchev–Trinajstić information content (AvgIpc) is 2.87. The first-order chi connectivity index (χ1) is 10.1. The molecule has 0 fully saturated rings. The summed E-state index contributed by atoms with van der Waals surface area (Å²) < 4.78 is 5.31. The summed E-state index contributed by atoms with van der Waals surface area (Å²) in [6.07, 6.45) is 1.72. The van der Waals surface area contributed by atoms with Gasteiger partial charge in [0.05, 0.1) is 11.8 Å². The fraction of sp³-hybridized carbons (Fsp3) is 0.500. The molecule has 0 aliphatic carbocycles. The third-order valence-electron chi connectivity index (χ3n) is 2.97. The molecule has 1 atom stereocenters. The van der Waals surface area contributed by atoms with Gasteiger partial charge in [0.25, 0.3) is 0 Å². The summed E-state index contributed by atoms with van der Waals surface area (Å²) in [6, 6.07) is 3.82. The molecular weight excluding hydrogens is 286 g/mol. The van der Waals surface area contributed by atoms with Crippen LogP contribution < -0.4 is 5.73 Å². The molecule has 21 heavy (non-hydrogen) atoms. The van der Waals surface area contributed by atoms with E-state index in [1.165, 1.54) is 0 Å². The van der Waals surface area contributed by atoms with Crippen molar-refractivity contribution in [3.05, 3.63) is 35.6 Å². The SMILES string of the molecule is CCSC(C)c1noc(CN(C)Cc2ccnc(N)c2)n1. The van der Waals surface area contributed by atoms with E-state index in [0.29, 0.717) is 18.3 Å². The first-order valence-electron chi connectivity index (χ1n) is 6.91. The molecule has 114 valence electrons. The third-order valence-corrected chi connectivity index (χ3v) is 4.01. The van der Waals surface area contributed by atoms with E-state index in [4.69, 9.17) is 10.3 Å². The molecule has 0 aliphatic rings. The Kier molecular flexibility index (Phi) is 5.58. The van der Waals surface area contributed by atoms with Gasteiger partial charge in [-0.25, -0.2) is 4.98 Å². The summed E-state index contributed by atoms with van der Waals surface area (Å²) in [5.74, 6) is 2.97. The van der Waals surface area contributed by atoms with Gasteiger partial charge in [-0.15, -0.1) is 0 Å². The molecule has 2 rings (SSSR count). The molecule has 2 aromatic heterocycles. The summed E-state index contributed by atoms with van der Waals surface area (Å²) in [5.41, 5.74) is 6.79. The molecule has 0 bridgehead atoms. The highest BCUT2D eigenvalue weighted by Gasteiger charge is 2.14. The van der Waals surface area contributed by atoms with Crippen molar-refractivity contribution < 1.29 is 4.52 Å². The Morgan fingerprint density at radius 3 is 2.95 bits per heavy atom. The van der Waals surface area contributed by atoms with Crippen LogP contribution in [0.3, 0.4) is 0 Å². The zero-order valence-electron chi connectivity index (χ0n) is 12.6. The van der Waals surface area contributed by atoms with E-state index in [0.717, 1.165) is 23.7 Å². The Bertz CT molecular complexity index is 574. The predicted octanol–water partition coefficient (Wildman–Crippen LogP) is 2.49. The van der Waals surface area contributed by atoms with Crippen LogP contribution in [-0.4, -0.2) is 32.8 Å². The number of rotatable bonds is 7. The molecule has 0 spiro atoms. The summed E-state index contributed by atoms with van der Waals surface area (Å²) in [4.78, 5) is 10.5. The lowest BCUT2D eigenvalue weighted by atomic mass is 10.2. The standard InChI is InChI=1S/C14H21N5OS/c1-4-21-10(2)14-17-13(20-18-14)9-19(3)8-11-5-6-16-12(15)7-11/h5-7,10H,4,8-9H2,1-3H3,(H2,15,16). The predicted molar refractivity (Wildman–Crippen MR) is 84.7 cm³/mol. The van der Waals surface area contributed by atoms with Crippen LogP contribution >= 0.6 is 11.8 Å². The van der Waals surface area contributed by atoms with Crippen molar-refractivity contribution in [2.24, 2.45) is 0 Å². The summed E-state index contributed by atoms with van der Waals surface area (Å²) in [7, 11) is 2.00. The number of hydrogen-bond acceptors (Lipinski definition) is 7. The zero-order valence-corrected chi connectivity index (χ0v) is 13.4. The van der Waals surface area contributed by atoms with Gasteiger partial charge >= 0.3 is 0 Å². The van der Waals surface area contributed by atoms with Gasteiger partial charge in [-0.05, 0) is 37.4 Å². The van der Waals surface area contributed by atoms with Crippen LogP contribution in [0.5, 0.6) is 0 Å². The zero-order chi connectivity index (χ0) is 15.2. The van der Waals surface area contributed by atoms with Crippen molar-refractivity contribution in [2.75, 3.05) is 18.5 Å². The minimum Gasteiger partial charge on any atom is -0.384 e. The first-order valence-corrected chi connectivity index (χ1v) is 7.96. The molecule has 2 N–H and O–H groups in total. The quantitative estimate of drug-likeness (QED) is 0.841. The van der Waals surface area contributed by atoms with Crippen LogP contribution in [0.4, 0.5) is 5.82 Å². The van der Waals surface area contributed by atoms with Crippen molar-refractivity contribution in [3.63, 3.8) is 0 Å². The number of hydrogen-bond donors (Lipinski definition) is 1. The molecule has 0 amide bonds. The van der Waals surface area contributed by atoms with E-state index in [-0.39, 0.29) is 5.25 Å². The number of nitrogens with zero attached hydrogens (tertiary/aromatic N) is 4. The van der Waals surface area contributed by atoms with Gasteiger partial charge in [0, 0.05) is 12.7 Å². The molecule has 0 saturated carbocycles. The largest absolute Gasteiger partial charge is 0.384 e. The maximum absolute atomic E-state index is 5.68. The van der Waals surface area contributed by atoms with Gasteiger partial charge in [-0.2, -0.15) is 16.7 Å². The van der Waals surface area contributed by atoms with Crippen molar-refractivity contribution in [2.45, 2.75) is 32.2 Å². The third kappa shape index (κ3) is 4.71. The fourth-order valence-corrected chi connectivity index (χ4v) is 2.76. The highest BCUT2D eigenvalue weighted by atomic mass is 32.2. The maximum Gasteiger partial charge on any atom is 0.240 e. The second kappa shape index (κ2) is 7.42.